The van der Waals surface area contributed by atoms with Gasteiger partial charge in [-0.1, -0.05) is 54.6 Å². The van der Waals surface area contributed by atoms with Crippen molar-refractivity contribution in [1.82, 2.24) is 9.55 Å². The highest BCUT2D eigenvalue weighted by Crippen LogP contribution is 2.36. The number of para-hydroxylation sites is 2. The van der Waals surface area contributed by atoms with E-state index in [-0.39, 0.29) is 17.9 Å². The quantitative estimate of drug-likeness (QED) is 0.459. The summed E-state index contributed by atoms with van der Waals surface area (Å²) >= 11 is 0. The highest BCUT2D eigenvalue weighted by molar-refractivity contribution is 5.96. The molecule has 1 saturated heterocycles. The first-order valence-electron chi connectivity index (χ1n) is 10.5. The standard InChI is InChI=1S/C26H25N3O/c1-18-9-8-12-22(15-18)28-17-21(16-25(28)30)26-27-23-13-6-7-14-24(23)29(26)19(2)20-10-4-3-5-11-20/h3-15,19,21H,16-17H2,1-2H3/t19-,21+/m0/s1. The van der Waals surface area contributed by atoms with E-state index in [1.165, 1.54) is 5.56 Å². The molecule has 0 bridgehead atoms. The zero-order chi connectivity index (χ0) is 20.7. The topological polar surface area (TPSA) is 38.1 Å². The molecule has 3 aromatic carbocycles. The Morgan fingerprint density at radius 3 is 2.53 bits per heavy atom. The summed E-state index contributed by atoms with van der Waals surface area (Å²) in [6.45, 7) is 4.93. The van der Waals surface area contributed by atoms with Gasteiger partial charge in [0.15, 0.2) is 0 Å². The first-order valence-corrected chi connectivity index (χ1v) is 10.5. The van der Waals surface area contributed by atoms with Crippen molar-refractivity contribution < 1.29 is 4.79 Å². The SMILES string of the molecule is Cc1cccc(N2C[C@H](c3nc4ccccc4n3[C@@H](C)c3ccccc3)CC2=O)c1. The molecule has 4 aromatic rings. The third-order valence-corrected chi connectivity index (χ3v) is 6.10. The van der Waals surface area contributed by atoms with Crippen LogP contribution in [0.2, 0.25) is 0 Å². The number of rotatable bonds is 4. The van der Waals surface area contributed by atoms with Crippen LogP contribution in [0.1, 0.15) is 42.3 Å². The molecule has 1 aliphatic rings. The Morgan fingerprint density at radius 2 is 1.73 bits per heavy atom. The van der Waals surface area contributed by atoms with Crippen molar-refractivity contribution in [2.24, 2.45) is 0 Å². The highest BCUT2D eigenvalue weighted by Gasteiger charge is 2.35. The van der Waals surface area contributed by atoms with Crippen molar-refractivity contribution in [2.75, 3.05) is 11.4 Å². The normalized spacial score (nSPS) is 17.6. The minimum atomic E-state index is 0.0663. The van der Waals surface area contributed by atoms with Gasteiger partial charge in [-0.25, -0.2) is 4.98 Å². The fraction of sp³-hybridized carbons (Fsp3) is 0.231. The van der Waals surface area contributed by atoms with E-state index in [0.29, 0.717) is 13.0 Å². The lowest BCUT2D eigenvalue weighted by molar-refractivity contribution is -0.117. The number of fused-ring (bicyclic) bond motifs is 1. The van der Waals surface area contributed by atoms with Crippen LogP contribution in [0.4, 0.5) is 5.69 Å². The molecule has 1 amide bonds. The molecule has 4 nitrogen and oxygen atoms in total. The van der Waals surface area contributed by atoms with Crippen molar-refractivity contribution in [1.29, 1.82) is 0 Å². The van der Waals surface area contributed by atoms with E-state index in [4.69, 9.17) is 4.98 Å². The maximum atomic E-state index is 12.9. The lowest BCUT2D eigenvalue weighted by Crippen LogP contribution is -2.24. The van der Waals surface area contributed by atoms with Crippen molar-refractivity contribution in [3.63, 3.8) is 0 Å². The predicted octanol–water partition coefficient (Wildman–Crippen LogP) is 5.47. The summed E-state index contributed by atoms with van der Waals surface area (Å²) in [5.41, 5.74) is 5.47. The Hall–Kier alpha value is -3.40. The molecular weight excluding hydrogens is 370 g/mol. The molecule has 150 valence electrons. The smallest absolute Gasteiger partial charge is 0.227 e. The Kier molecular flexibility index (Phi) is 4.62. The second-order valence-corrected chi connectivity index (χ2v) is 8.16. The van der Waals surface area contributed by atoms with Crippen LogP contribution >= 0.6 is 0 Å². The van der Waals surface area contributed by atoms with Gasteiger partial charge < -0.3 is 9.47 Å². The number of carbonyl (C=O) groups is 1. The molecule has 4 heteroatoms. The predicted molar refractivity (Wildman–Crippen MR) is 121 cm³/mol. The molecule has 1 aromatic heterocycles. The van der Waals surface area contributed by atoms with Crippen LogP contribution < -0.4 is 4.90 Å². The molecule has 30 heavy (non-hydrogen) atoms. The number of anilines is 1. The molecule has 1 fully saturated rings. The van der Waals surface area contributed by atoms with Gasteiger partial charge in [-0.05, 0) is 49.2 Å². The van der Waals surface area contributed by atoms with E-state index in [2.05, 4.69) is 73.0 Å². The number of imidazole rings is 1. The van der Waals surface area contributed by atoms with E-state index in [9.17, 15) is 4.79 Å². The number of carbonyl (C=O) groups excluding carboxylic acids is 1. The van der Waals surface area contributed by atoms with Gasteiger partial charge in [0.25, 0.3) is 0 Å². The molecular formula is C26H25N3O. The number of aromatic nitrogens is 2. The average molecular weight is 396 g/mol. The number of hydrogen-bond acceptors (Lipinski definition) is 2. The van der Waals surface area contributed by atoms with Crippen molar-refractivity contribution in [3.8, 4) is 0 Å². The first kappa shape index (κ1) is 18.6. The number of benzene rings is 3. The van der Waals surface area contributed by atoms with Crippen LogP contribution in [-0.2, 0) is 4.79 Å². The maximum absolute atomic E-state index is 12.9. The molecule has 5 rings (SSSR count). The maximum Gasteiger partial charge on any atom is 0.227 e. The molecule has 2 heterocycles. The lowest BCUT2D eigenvalue weighted by Gasteiger charge is -2.21. The molecule has 0 radical (unpaired) electrons. The largest absolute Gasteiger partial charge is 0.320 e. The third-order valence-electron chi connectivity index (χ3n) is 6.10. The summed E-state index contributed by atoms with van der Waals surface area (Å²) in [6.07, 6.45) is 0.485. The fourth-order valence-electron chi connectivity index (χ4n) is 4.56. The average Bonchev–Trinajstić information content (AvgIpc) is 3.34. The van der Waals surface area contributed by atoms with Gasteiger partial charge >= 0.3 is 0 Å². The zero-order valence-corrected chi connectivity index (χ0v) is 17.3. The van der Waals surface area contributed by atoms with Crippen LogP contribution in [-0.4, -0.2) is 22.0 Å². The van der Waals surface area contributed by atoms with Crippen LogP contribution in [0.25, 0.3) is 11.0 Å². The van der Waals surface area contributed by atoms with Crippen LogP contribution in [0.15, 0.2) is 78.9 Å². The fourth-order valence-corrected chi connectivity index (χ4v) is 4.56. The lowest BCUT2D eigenvalue weighted by atomic mass is 10.0. The second kappa shape index (κ2) is 7.45. The van der Waals surface area contributed by atoms with Gasteiger partial charge in [0.1, 0.15) is 5.82 Å². The van der Waals surface area contributed by atoms with E-state index in [0.717, 1.165) is 28.1 Å². The van der Waals surface area contributed by atoms with Gasteiger partial charge in [-0.15, -0.1) is 0 Å². The van der Waals surface area contributed by atoms with Gasteiger partial charge in [0, 0.05) is 24.6 Å². The van der Waals surface area contributed by atoms with Gasteiger partial charge in [-0.2, -0.15) is 0 Å². The van der Waals surface area contributed by atoms with Gasteiger partial charge in [-0.3, -0.25) is 4.79 Å². The summed E-state index contributed by atoms with van der Waals surface area (Å²) in [7, 11) is 0. The van der Waals surface area contributed by atoms with Gasteiger partial charge in [0.05, 0.1) is 17.1 Å². The summed E-state index contributed by atoms with van der Waals surface area (Å²) < 4.78 is 2.32. The third kappa shape index (κ3) is 3.18. The summed E-state index contributed by atoms with van der Waals surface area (Å²) in [6, 6.07) is 27.1. The number of nitrogens with zero attached hydrogens (tertiary/aromatic N) is 3. The highest BCUT2D eigenvalue weighted by atomic mass is 16.2. The number of hydrogen-bond donors (Lipinski definition) is 0. The minimum Gasteiger partial charge on any atom is -0.320 e. The van der Waals surface area contributed by atoms with E-state index < -0.39 is 0 Å². The van der Waals surface area contributed by atoms with Crippen LogP contribution in [0.3, 0.4) is 0 Å². The van der Waals surface area contributed by atoms with Crippen molar-refractivity contribution >= 4 is 22.6 Å². The van der Waals surface area contributed by atoms with E-state index in [1.807, 2.05) is 29.2 Å². The summed E-state index contributed by atoms with van der Waals surface area (Å²) in [4.78, 5) is 19.8. The summed E-state index contributed by atoms with van der Waals surface area (Å²) in [5.74, 6) is 1.23. The van der Waals surface area contributed by atoms with E-state index in [1.54, 1.807) is 0 Å². The van der Waals surface area contributed by atoms with Crippen LogP contribution in [0.5, 0.6) is 0 Å². The Balaban J connectivity index is 1.57. The molecule has 0 spiro atoms. The minimum absolute atomic E-state index is 0.0663. The number of amides is 1. The second-order valence-electron chi connectivity index (χ2n) is 8.16. The summed E-state index contributed by atoms with van der Waals surface area (Å²) in [5, 5.41) is 0. The molecule has 0 unspecified atom stereocenters. The van der Waals surface area contributed by atoms with E-state index >= 15 is 0 Å². The molecule has 0 saturated carbocycles. The Bertz CT molecular complexity index is 1210. The number of aryl methyl sites for hydroxylation is 1. The first-order chi connectivity index (χ1) is 14.6. The molecule has 0 N–H and O–H groups in total. The Labute approximate surface area is 176 Å². The molecule has 1 aliphatic heterocycles. The molecule has 0 aliphatic carbocycles. The monoisotopic (exact) mass is 395 g/mol. The van der Waals surface area contributed by atoms with Crippen molar-refractivity contribution in [3.05, 3.63) is 95.8 Å². The zero-order valence-electron chi connectivity index (χ0n) is 17.3. The van der Waals surface area contributed by atoms with Crippen LogP contribution in [0, 0.1) is 6.92 Å². The Morgan fingerprint density at radius 1 is 0.967 bits per heavy atom. The van der Waals surface area contributed by atoms with Crippen molar-refractivity contribution in [2.45, 2.75) is 32.2 Å². The van der Waals surface area contributed by atoms with Gasteiger partial charge in [0.2, 0.25) is 5.91 Å². The molecule has 2 atom stereocenters.